The first-order valence-corrected chi connectivity index (χ1v) is 6.60. The van der Waals surface area contributed by atoms with Gasteiger partial charge in [-0.1, -0.05) is 30.3 Å². The smallest absolute Gasteiger partial charge is 0.0166 e. The van der Waals surface area contributed by atoms with Gasteiger partial charge in [0, 0.05) is 12.6 Å². The van der Waals surface area contributed by atoms with E-state index in [-0.39, 0.29) is 0 Å². The Kier molecular flexibility index (Phi) is 6.90. The zero-order chi connectivity index (χ0) is 12.5. The Morgan fingerprint density at radius 2 is 1.82 bits per heavy atom. The highest BCUT2D eigenvalue weighted by Gasteiger charge is 2.01. The number of likely N-dealkylation sites (N-methyl/N-ethyl adjacent to an activating group) is 1. The van der Waals surface area contributed by atoms with Gasteiger partial charge in [-0.05, 0) is 52.4 Å². The quantitative estimate of drug-likeness (QED) is 0.695. The van der Waals surface area contributed by atoms with Crippen LogP contribution in [0.25, 0.3) is 0 Å². The Morgan fingerprint density at radius 3 is 2.47 bits per heavy atom. The molecule has 2 heteroatoms. The van der Waals surface area contributed by atoms with Crippen LogP contribution < -0.4 is 5.32 Å². The molecule has 0 amide bonds. The summed E-state index contributed by atoms with van der Waals surface area (Å²) >= 11 is 0. The van der Waals surface area contributed by atoms with Crippen molar-refractivity contribution in [2.45, 2.75) is 32.2 Å². The summed E-state index contributed by atoms with van der Waals surface area (Å²) in [5.41, 5.74) is 1.45. The van der Waals surface area contributed by atoms with E-state index in [0.717, 1.165) is 13.1 Å². The monoisotopic (exact) mass is 234 g/mol. The molecule has 0 radical (unpaired) electrons. The SMILES string of the molecule is CC(CN(C)C)NCCCCc1ccccc1. The number of nitrogens with one attached hydrogen (secondary N) is 1. The first kappa shape index (κ1) is 14.2. The molecule has 96 valence electrons. The average Bonchev–Trinajstić information content (AvgIpc) is 2.29. The summed E-state index contributed by atoms with van der Waals surface area (Å²) in [4.78, 5) is 2.22. The van der Waals surface area contributed by atoms with Crippen LogP contribution in [0.15, 0.2) is 30.3 Å². The third kappa shape index (κ3) is 7.14. The van der Waals surface area contributed by atoms with Crippen molar-refractivity contribution in [2.24, 2.45) is 0 Å². The molecule has 0 heterocycles. The lowest BCUT2D eigenvalue weighted by molar-refractivity contribution is 0.348. The highest BCUT2D eigenvalue weighted by molar-refractivity contribution is 5.14. The topological polar surface area (TPSA) is 15.3 Å². The van der Waals surface area contributed by atoms with E-state index >= 15 is 0 Å². The lowest BCUT2D eigenvalue weighted by Gasteiger charge is -2.18. The van der Waals surface area contributed by atoms with Crippen molar-refractivity contribution >= 4 is 0 Å². The summed E-state index contributed by atoms with van der Waals surface area (Å²) in [6.45, 7) is 4.48. The van der Waals surface area contributed by atoms with Gasteiger partial charge in [-0.25, -0.2) is 0 Å². The molecule has 1 aromatic rings. The molecule has 0 saturated carbocycles. The zero-order valence-corrected chi connectivity index (χ0v) is 11.4. The Balaban J connectivity index is 2.01. The predicted molar refractivity (Wildman–Crippen MR) is 75.4 cm³/mol. The van der Waals surface area contributed by atoms with Crippen LogP contribution >= 0.6 is 0 Å². The maximum atomic E-state index is 3.56. The van der Waals surface area contributed by atoms with Gasteiger partial charge in [0.25, 0.3) is 0 Å². The summed E-state index contributed by atoms with van der Waals surface area (Å²) < 4.78 is 0. The van der Waals surface area contributed by atoms with Crippen LogP contribution in [0.2, 0.25) is 0 Å². The van der Waals surface area contributed by atoms with Gasteiger partial charge < -0.3 is 10.2 Å². The van der Waals surface area contributed by atoms with Crippen molar-refractivity contribution in [1.82, 2.24) is 10.2 Å². The molecule has 0 fully saturated rings. The highest BCUT2D eigenvalue weighted by Crippen LogP contribution is 2.03. The third-order valence-electron chi connectivity index (χ3n) is 2.87. The van der Waals surface area contributed by atoms with Gasteiger partial charge in [-0.3, -0.25) is 0 Å². The van der Waals surface area contributed by atoms with Gasteiger partial charge in [0.1, 0.15) is 0 Å². The Labute approximate surface area is 106 Å². The molecule has 1 rings (SSSR count). The van der Waals surface area contributed by atoms with E-state index in [1.807, 2.05) is 0 Å². The van der Waals surface area contributed by atoms with Crippen molar-refractivity contribution in [3.63, 3.8) is 0 Å². The lowest BCUT2D eigenvalue weighted by atomic mass is 10.1. The zero-order valence-electron chi connectivity index (χ0n) is 11.4. The van der Waals surface area contributed by atoms with Gasteiger partial charge in [-0.2, -0.15) is 0 Å². The Hall–Kier alpha value is -0.860. The summed E-state index contributed by atoms with van der Waals surface area (Å²) in [5.74, 6) is 0. The van der Waals surface area contributed by atoms with Crippen molar-refractivity contribution in [3.05, 3.63) is 35.9 Å². The number of hydrogen-bond donors (Lipinski definition) is 1. The fourth-order valence-corrected chi connectivity index (χ4v) is 2.06. The molecule has 0 spiro atoms. The normalized spacial score (nSPS) is 12.9. The van der Waals surface area contributed by atoms with E-state index in [2.05, 4.69) is 61.6 Å². The van der Waals surface area contributed by atoms with E-state index in [0.29, 0.717) is 6.04 Å². The van der Waals surface area contributed by atoms with Gasteiger partial charge in [0.15, 0.2) is 0 Å². The number of aryl methyl sites for hydroxylation is 1. The van der Waals surface area contributed by atoms with E-state index in [4.69, 9.17) is 0 Å². The van der Waals surface area contributed by atoms with Gasteiger partial charge >= 0.3 is 0 Å². The minimum atomic E-state index is 0.585. The van der Waals surface area contributed by atoms with E-state index in [1.54, 1.807) is 0 Å². The second kappa shape index (κ2) is 8.26. The summed E-state index contributed by atoms with van der Waals surface area (Å²) in [7, 11) is 4.24. The average molecular weight is 234 g/mol. The minimum Gasteiger partial charge on any atom is -0.313 e. The van der Waals surface area contributed by atoms with Crippen LogP contribution in [0.3, 0.4) is 0 Å². The molecular formula is C15H26N2. The molecule has 1 N–H and O–H groups in total. The molecule has 0 aliphatic carbocycles. The number of unbranched alkanes of at least 4 members (excludes halogenated alkanes) is 1. The number of rotatable bonds is 8. The van der Waals surface area contributed by atoms with E-state index < -0.39 is 0 Å². The largest absolute Gasteiger partial charge is 0.313 e. The summed E-state index contributed by atoms with van der Waals surface area (Å²) in [6, 6.07) is 11.3. The maximum absolute atomic E-state index is 3.56. The molecule has 0 aromatic heterocycles. The predicted octanol–water partition coefficient (Wildman–Crippen LogP) is 2.55. The highest BCUT2D eigenvalue weighted by atomic mass is 15.1. The number of hydrogen-bond acceptors (Lipinski definition) is 2. The molecule has 0 saturated heterocycles. The molecule has 1 atom stereocenters. The van der Waals surface area contributed by atoms with Gasteiger partial charge in [0.05, 0.1) is 0 Å². The van der Waals surface area contributed by atoms with Crippen LogP contribution in [-0.2, 0) is 6.42 Å². The van der Waals surface area contributed by atoms with Crippen molar-refractivity contribution in [2.75, 3.05) is 27.2 Å². The van der Waals surface area contributed by atoms with Crippen LogP contribution in [0.1, 0.15) is 25.3 Å². The lowest BCUT2D eigenvalue weighted by Crippen LogP contribution is -2.36. The second-order valence-electron chi connectivity index (χ2n) is 5.06. The van der Waals surface area contributed by atoms with Crippen molar-refractivity contribution in [3.8, 4) is 0 Å². The molecule has 1 aromatic carbocycles. The first-order valence-electron chi connectivity index (χ1n) is 6.60. The molecule has 2 nitrogen and oxygen atoms in total. The molecule has 0 bridgehead atoms. The van der Waals surface area contributed by atoms with Gasteiger partial charge in [0.2, 0.25) is 0 Å². The fourth-order valence-electron chi connectivity index (χ4n) is 2.06. The minimum absolute atomic E-state index is 0.585. The molecular weight excluding hydrogens is 208 g/mol. The third-order valence-corrected chi connectivity index (χ3v) is 2.87. The van der Waals surface area contributed by atoms with Crippen LogP contribution in [-0.4, -0.2) is 38.1 Å². The standard InChI is InChI=1S/C15H26N2/c1-14(13-17(2)3)16-12-8-7-11-15-9-5-4-6-10-15/h4-6,9-10,14,16H,7-8,11-13H2,1-3H3. The summed E-state index contributed by atoms with van der Waals surface area (Å²) in [5, 5.41) is 3.56. The van der Waals surface area contributed by atoms with Crippen molar-refractivity contribution < 1.29 is 0 Å². The molecule has 0 aliphatic rings. The number of benzene rings is 1. The number of nitrogens with zero attached hydrogens (tertiary/aromatic N) is 1. The van der Waals surface area contributed by atoms with Crippen LogP contribution in [0.4, 0.5) is 0 Å². The van der Waals surface area contributed by atoms with Crippen LogP contribution in [0.5, 0.6) is 0 Å². The first-order chi connectivity index (χ1) is 8.18. The molecule has 1 unspecified atom stereocenters. The molecule has 17 heavy (non-hydrogen) atoms. The maximum Gasteiger partial charge on any atom is 0.0166 e. The van der Waals surface area contributed by atoms with E-state index in [1.165, 1.54) is 24.8 Å². The van der Waals surface area contributed by atoms with Crippen LogP contribution in [0, 0.1) is 0 Å². The summed E-state index contributed by atoms with van der Waals surface area (Å²) in [6.07, 6.45) is 3.73. The fraction of sp³-hybridized carbons (Fsp3) is 0.600. The van der Waals surface area contributed by atoms with Gasteiger partial charge in [-0.15, -0.1) is 0 Å². The van der Waals surface area contributed by atoms with E-state index in [9.17, 15) is 0 Å². The Bertz CT molecular complexity index is 282. The molecule has 0 aliphatic heterocycles. The van der Waals surface area contributed by atoms with Crippen molar-refractivity contribution in [1.29, 1.82) is 0 Å². The Morgan fingerprint density at radius 1 is 1.12 bits per heavy atom. The second-order valence-corrected chi connectivity index (χ2v) is 5.06.